The molecule has 5 aliphatic rings. The van der Waals surface area contributed by atoms with Crippen LogP contribution in [-0.2, 0) is 23.8 Å². The number of ketones is 1. The Balaban J connectivity index is 0.000000645. The van der Waals surface area contributed by atoms with Gasteiger partial charge in [-0.05, 0) is 37.7 Å². The smallest absolute Gasteiger partial charge is 0.334 e. The molecule has 3 aliphatic heterocycles. The van der Waals surface area contributed by atoms with Crippen molar-refractivity contribution in [3.05, 3.63) is 24.0 Å². The third kappa shape index (κ3) is 2.41. The maximum absolute atomic E-state index is 13.4. The van der Waals surface area contributed by atoms with E-state index >= 15 is 0 Å². The number of Topliss-reactive ketones (excluding diaryl/α,β-unsaturated/α-hetero) is 1. The van der Waals surface area contributed by atoms with E-state index < -0.39 is 11.2 Å². The van der Waals surface area contributed by atoms with Gasteiger partial charge in [-0.3, -0.25) is 4.79 Å². The van der Waals surface area contributed by atoms with Gasteiger partial charge in [0.2, 0.25) is 0 Å². The lowest BCUT2D eigenvalue weighted by Crippen LogP contribution is -2.71. The summed E-state index contributed by atoms with van der Waals surface area (Å²) in [5, 5.41) is 16.9. The molecule has 0 aromatic heterocycles. The molecule has 7 atom stereocenters. The van der Waals surface area contributed by atoms with E-state index in [2.05, 4.69) is 13.5 Å². The van der Waals surface area contributed by atoms with E-state index in [1.165, 1.54) is 0 Å². The number of carbonyl (C=O) groups is 2. The number of aliphatic hydroxyl groups excluding tert-OH is 2. The van der Waals surface area contributed by atoms with Crippen molar-refractivity contribution in [1.82, 2.24) is 0 Å². The molecule has 3 heterocycles. The summed E-state index contributed by atoms with van der Waals surface area (Å²) in [4.78, 5) is 25.4. The van der Waals surface area contributed by atoms with Gasteiger partial charge in [-0.2, -0.15) is 0 Å². The summed E-state index contributed by atoms with van der Waals surface area (Å²) in [6, 6.07) is 0. The highest BCUT2D eigenvalue weighted by atomic mass is 16.7. The van der Waals surface area contributed by atoms with Crippen LogP contribution in [-0.4, -0.2) is 59.1 Å². The molecular formula is C22H30O7. The molecule has 1 spiro atoms. The van der Waals surface area contributed by atoms with E-state index in [1.807, 2.05) is 13.8 Å². The molecule has 0 amide bonds. The van der Waals surface area contributed by atoms with Crippen molar-refractivity contribution in [1.29, 1.82) is 0 Å². The number of rotatable bonds is 2. The Hall–Kier alpha value is -1.70. The second kappa shape index (κ2) is 6.65. The van der Waals surface area contributed by atoms with Gasteiger partial charge in [0.15, 0.2) is 11.4 Å². The van der Waals surface area contributed by atoms with E-state index in [4.69, 9.17) is 19.3 Å². The minimum Gasteiger partial charge on any atom is -0.516 e. The molecule has 2 saturated heterocycles. The van der Waals surface area contributed by atoms with E-state index in [0.717, 1.165) is 23.8 Å². The number of epoxide rings is 1. The lowest BCUT2D eigenvalue weighted by Gasteiger charge is -2.58. The van der Waals surface area contributed by atoms with Gasteiger partial charge in [-0.1, -0.05) is 20.4 Å². The first kappa shape index (κ1) is 20.6. The normalized spacial score (nSPS) is 45.6. The molecule has 0 radical (unpaired) electrons. The van der Waals surface area contributed by atoms with Crippen molar-refractivity contribution >= 4 is 11.8 Å². The van der Waals surface area contributed by atoms with Crippen LogP contribution in [0, 0.1) is 23.2 Å². The van der Waals surface area contributed by atoms with Crippen LogP contribution in [0.15, 0.2) is 24.0 Å². The van der Waals surface area contributed by atoms with Gasteiger partial charge in [0.25, 0.3) is 0 Å². The summed E-state index contributed by atoms with van der Waals surface area (Å²) in [5.74, 6) is -0.420. The number of cyclic esters (lactones) is 1. The highest BCUT2D eigenvalue weighted by molar-refractivity contribution is 5.94. The van der Waals surface area contributed by atoms with Gasteiger partial charge in [-0.25, -0.2) is 4.79 Å². The lowest BCUT2D eigenvalue weighted by molar-refractivity contribution is -0.210. The average molecular weight is 406 g/mol. The Morgan fingerprint density at radius 3 is 2.69 bits per heavy atom. The summed E-state index contributed by atoms with van der Waals surface area (Å²) >= 11 is 0. The van der Waals surface area contributed by atoms with Crippen LogP contribution in [0.4, 0.5) is 0 Å². The van der Waals surface area contributed by atoms with Gasteiger partial charge < -0.3 is 24.4 Å². The Morgan fingerprint density at radius 2 is 2.03 bits per heavy atom. The summed E-state index contributed by atoms with van der Waals surface area (Å²) in [5.41, 5.74) is -0.0114. The zero-order valence-corrected chi connectivity index (χ0v) is 17.3. The van der Waals surface area contributed by atoms with Crippen molar-refractivity contribution < 1.29 is 34.0 Å². The Bertz CT molecular complexity index is 788. The summed E-state index contributed by atoms with van der Waals surface area (Å²) < 4.78 is 17.9. The molecule has 3 unspecified atom stereocenters. The van der Waals surface area contributed by atoms with Gasteiger partial charge >= 0.3 is 5.97 Å². The van der Waals surface area contributed by atoms with Gasteiger partial charge in [0.1, 0.15) is 12.2 Å². The number of esters is 1. The third-order valence-electron chi connectivity index (χ3n) is 8.15. The van der Waals surface area contributed by atoms with Crippen LogP contribution in [0.3, 0.4) is 0 Å². The molecule has 5 rings (SSSR count). The molecule has 0 bridgehead atoms. The fourth-order valence-electron chi connectivity index (χ4n) is 6.49. The number of hydrogen-bond donors (Lipinski definition) is 2. The average Bonchev–Trinajstić information content (AvgIpc) is 3.34. The molecule has 160 valence electrons. The minimum absolute atomic E-state index is 0.0121. The third-order valence-corrected chi connectivity index (χ3v) is 8.15. The zero-order chi connectivity index (χ0) is 21.2. The summed E-state index contributed by atoms with van der Waals surface area (Å²) in [7, 11) is 0. The Labute approximate surface area is 170 Å². The largest absolute Gasteiger partial charge is 0.516 e. The van der Waals surface area contributed by atoms with Gasteiger partial charge in [0.05, 0.1) is 19.0 Å². The zero-order valence-electron chi connectivity index (χ0n) is 17.3. The van der Waals surface area contributed by atoms with E-state index in [1.54, 1.807) is 0 Å². The molecule has 7 nitrogen and oxygen atoms in total. The van der Waals surface area contributed by atoms with Crippen molar-refractivity contribution in [2.24, 2.45) is 23.2 Å². The van der Waals surface area contributed by atoms with Crippen molar-refractivity contribution in [2.45, 2.75) is 57.3 Å². The number of carbonyl (C=O) groups excluding carboxylic acids is 2. The Kier molecular flexibility index (Phi) is 4.72. The fraction of sp³-hybridized carbons (Fsp3) is 0.727. The van der Waals surface area contributed by atoms with Crippen LogP contribution in [0.5, 0.6) is 0 Å². The number of ether oxygens (including phenoxy) is 3. The topological polar surface area (TPSA) is 106 Å². The first-order chi connectivity index (χ1) is 13.7. The molecular weight excluding hydrogens is 376 g/mol. The monoisotopic (exact) mass is 406 g/mol. The van der Waals surface area contributed by atoms with Gasteiger partial charge in [-0.15, -0.1) is 0 Å². The summed E-state index contributed by atoms with van der Waals surface area (Å²) in [6.45, 7) is 9.65. The molecule has 29 heavy (non-hydrogen) atoms. The lowest BCUT2D eigenvalue weighted by atomic mass is 9.49. The highest BCUT2D eigenvalue weighted by Gasteiger charge is 2.84. The van der Waals surface area contributed by atoms with E-state index in [0.29, 0.717) is 26.1 Å². The molecule has 7 heteroatoms. The van der Waals surface area contributed by atoms with Crippen molar-refractivity contribution in [2.75, 3.05) is 19.8 Å². The Morgan fingerprint density at radius 1 is 1.34 bits per heavy atom. The predicted molar refractivity (Wildman–Crippen MR) is 103 cm³/mol. The van der Waals surface area contributed by atoms with Crippen molar-refractivity contribution in [3.63, 3.8) is 0 Å². The number of aliphatic hydroxyl groups is 2. The molecule has 0 aromatic rings. The van der Waals surface area contributed by atoms with Crippen LogP contribution in [0.2, 0.25) is 0 Å². The van der Waals surface area contributed by atoms with E-state index in [-0.39, 0.29) is 47.6 Å². The molecule has 2 N–H and O–H groups in total. The van der Waals surface area contributed by atoms with E-state index in [9.17, 15) is 14.7 Å². The predicted octanol–water partition coefficient (Wildman–Crippen LogP) is 2.09. The van der Waals surface area contributed by atoms with Crippen LogP contribution in [0.25, 0.3) is 0 Å². The minimum atomic E-state index is -0.989. The fourth-order valence-corrected chi connectivity index (χ4v) is 6.49. The van der Waals surface area contributed by atoms with Crippen LogP contribution in [0.1, 0.15) is 40.0 Å². The second-order valence-corrected chi connectivity index (χ2v) is 9.29. The summed E-state index contributed by atoms with van der Waals surface area (Å²) in [6.07, 6.45) is 2.84. The second-order valence-electron chi connectivity index (χ2n) is 9.29. The van der Waals surface area contributed by atoms with Crippen LogP contribution >= 0.6 is 0 Å². The SMILES string of the molecule is C=CO.CC(CO)C1C[C@@H]2O[C@@]23[C@@]2(C)CCC4=C(COC4=O)C2CO[C@]3(C)C1=O. The first-order valence-electron chi connectivity index (χ1n) is 10.3. The number of hydrogen-bond acceptors (Lipinski definition) is 7. The van der Waals surface area contributed by atoms with Crippen molar-refractivity contribution in [3.8, 4) is 0 Å². The first-order valence-corrected chi connectivity index (χ1v) is 10.3. The highest BCUT2D eigenvalue weighted by Crippen LogP contribution is 2.71. The maximum Gasteiger partial charge on any atom is 0.334 e. The molecule has 0 aromatic carbocycles. The maximum atomic E-state index is 13.4. The standard InChI is InChI=1S/C20H26O6.C2H4O/c1-10(7-21)12-6-15-20(26-15)18(2)5-4-11-13(8-24-17(11)23)14(18)9-25-19(20,3)16(12)22;1-2-3/h10,12,14-15,21H,4-9H2,1-3H3;2-3H,1H2/t10?,12?,14?,15-,18-,19+,20+;/m0./s1. The molecule has 2 aliphatic carbocycles. The van der Waals surface area contributed by atoms with Crippen LogP contribution < -0.4 is 0 Å². The molecule has 1 saturated carbocycles. The quantitative estimate of drug-likeness (QED) is 0.411. The number of fused-ring (bicyclic) bond motifs is 2. The molecule has 3 fully saturated rings. The van der Waals surface area contributed by atoms with Gasteiger partial charge in [0, 0.05) is 29.4 Å².